The molecule has 1 fully saturated rings. The van der Waals surface area contributed by atoms with E-state index in [1.54, 1.807) is 0 Å². The number of aliphatic hydroxyl groups excluding tert-OH is 1. The molecule has 1 N–H and O–H groups in total. The minimum Gasteiger partial charge on any atom is -0.374 e. The molecule has 104 valence electrons. The highest BCUT2D eigenvalue weighted by Crippen LogP contribution is 2.36. The predicted molar refractivity (Wildman–Crippen MR) is 74.5 cm³/mol. The summed E-state index contributed by atoms with van der Waals surface area (Å²) in [5, 5.41) is 9.74. The highest BCUT2D eigenvalue weighted by atomic mass is 16.6. The zero-order valence-corrected chi connectivity index (χ0v) is 11.4. The molecule has 0 radical (unpaired) electrons. The van der Waals surface area contributed by atoms with E-state index >= 15 is 0 Å². The number of hydrogen-bond donors (Lipinski definition) is 1. The third-order valence-corrected chi connectivity index (χ3v) is 3.59. The van der Waals surface area contributed by atoms with Gasteiger partial charge in [-0.05, 0) is 17.4 Å². The Hall–Kier alpha value is -1.16. The van der Waals surface area contributed by atoms with Crippen LogP contribution in [0.5, 0.6) is 0 Å². The van der Waals surface area contributed by atoms with E-state index in [4.69, 9.17) is 9.47 Å². The van der Waals surface area contributed by atoms with Crippen molar-refractivity contribution < 1.29 is 14.6 Å². The van der Waals surface area contributed by atoms with E-state index < -0.39 is 6.29 Å². The molecule has 2 rings (SSSR count). The fourth-order valence-corrected chi connectivity index (χ4v) is 2.47. The summed E-state index contributed by atoms with van der Waals surface area (Å²) in [6, 6.07) is 10.0. The van der Waals surface area contributed by atoms with Gasteiger partial charge in [0.1, 0.15) is 0 Å². The molecule has 0 spiro atoms. The van der Waals surface area contributed by atoms with Crippen molar-refractivity contribution in [2.75, 3.05) is 6.61 Å². The molecule has 1 saturated heterocycles. The van der Waals surface area contributed by atoms with E-state index in [0.29, 0.717) is 19.6 Å². The van der Waals surface area contributed by atoms with E-state index in [-0.39, 0.29) is 11.5 Å². The lowest BCUT2D eigenvalue weighted by atomic mass is 9.79. The van der Waals surface area contributed by atoms with Crippen LogP contribution in [0.4, 0.5) is 0 Å². The van der Waals surface area contributed by atoms with Gasteiger partial charge in [-0.1, -0.05) is 43.3 Å². The van der Waals surface area contributed by atoms with Crippen molar-refractivity contribution in [3.8, 4) is 0 Å². The zero-order chi connectivity index (χ0) is 13.7. The molecular formula is C16H22O3. The van der Waals surface area contributed by atoms with Crippen molar-refractivity contribution in [1.82, 2.24) is 0 Å². The first-order chi connectivity index (χ1) is 9.11. The van der Waals surface area contributed by atoms with Gasteiger partial charge in [0.2, 0.25) is 0 Å². The van der Waals surface area contributed by atoms with Gasteiger partial charge in [0.15, 0.2) is 6.29 Å². The topological polar surface area (TPSA) is 38.7 Å². The van der Waals surface area contributed by atoms with Crippen LogP contribution >= 0.6 is 0 Å². The van der Waals surface area contributed by atoms with E-state index in [2.05, 4.69) is 13.5 Å². The minimum atomic E-state index is -0.720. The van der Waals surface area contributed by atoms with Crippen LogP contribution in [0.3, 0.4) is 0 Å². The van der Waals surface area contributed by atoms with Gasteiger partial charge in [-0.25, -0.2) is 0 Å². The van der Waals surface area contributed by atoms with Crippen LogP contribution in [0.15, 0.2) is 43.0 Å². The highest BCUT2D eigenvalue weighted by Gasteiger charge is 2.35. The lowest BCUT2D eigenvalue weighted by Gasteiger charge is -2.38. The molecule has 0 aliphatic carbocycles. The smallest absolute Gasteiger partial charge is 0.155 e. The Bertz CT molecular complexity index is 404. The van der Waals surface area contributed by atoms with Gasteiger partial charge >= 0.3 is 0 Å². The quantitative estimate of drug-likeness (QED) is 0.829. The summed E-state index contributed by atoms with van der Waals surface area (Å²) in [6.45, 7) is 7.01. The minimum absolute atomic E-state index is 0.0710. The zero-order valence-electron chi connectivity index (χ0n) is 11.4. The van der Waals surface area contributed by atoms with Gasteiger partial charge in [0.05, 0.1) is 19.3 Å². The maximum atomic E-state index is 9.74. The summed E-state index contributed by atoms with van der Waals surface area (Å²) in [5.74, 6) is 0. The lowest BCUT2D eigenvalue weighted by Crippen LogP contribution is -2.40. The highest BCUT2D eigenvalue weighted by molar-refractivity contribution is 5.13. The maximum absolute atomic E-state index is 9.74. The van der Waals surface area contributed by atoms with Crippen molar-refractivity contribution >= 4 is 0 Å². The van der Waals surface area contributed by atoms with E-state index in [1.165, 1.54) is 0 Å². The Morgan fingerprint density at radius 2 is 2.16 bits per heavy atom. The lowest BCUT2D eigenvalue weighted by molar-refractivity contribution is -0.200. The van der Waals surface area contributed by atoms with Crippen LogP contribution in [0.1, 0.15) is 25.3 Å². The molecular weight excluding hydrogens is 240 g/mol. The van der Waals surface area contributed by atoms with E-state index in [1.807, 2.05) is 36.4 Å². The first-order valence-corrected chi connectivity index (χ1v) is 6.70. The molecule has 1 heterocycles. The second-order valence-electron chi connectivity index (χ2n) is 5.48. The molecule has 0 saturated carbocycles. The Balaban J connectivity index is 1.81. The monoisotopic (exact) mass is 262 g/mol. The number of allylic oxidation sites excluding steroid dienone is 1. The number of hydrogen-bond acceptors (Lipinski definition) is 3. The molecule has 1 aromatic rings. The molecule has 0 bridgehead atoms. The predicted octanol–water partition coefficient (Wildman–Crippen LogP) is 2.89. The molecule has 0 aromatic heterocycles. The summed E-state index contributed by atoms with van der Waals surface area (Å²) in [6.07, 6.45) is 2.55. The van der Waals surface area contributed by atoms with Crippen molar-refractivity contribution in [1.29, 1.82) is 0 Å². The van der Waals surface area contributed by atoms with Crippen molar-refractivity contribution in [2.45, 2.75) is 38.8 Å². The molecule has 1 aliphatic heterocycles. The van der Waals surface area contributed by atoms with Crippen molar-refractivity contribution in [2.24, 2.45) is 5.41 Å². The number of benzene rings is 1. The normalized spacial score (nSPS) is 31.1. The second kappa shape index (κ2) is 6.33. The Kier molecular flexibility index (Phi) is 4.75. The molecule has 1 aliphatic rings. The van der Waals surface area contributed by atoms with Crippen molar-refractivity contribution in [3.63, 3.8) is 0 Å². The molecule has 19 heavy (non-hydrogen) atoms. The largest absolute Gasteiger partial charge is 0.374 e. The van der Waals surface area contributed by atoms with Crippen LogP contribution in [0.25, 0.3) is 0 Å². The van der Waals surface area contributed by atoms with Gasteiger partial charge in [-0.15, -0.1) is 6.58 Å². The average Bonchev–Trinajstić information content (AvgIpc) is 2.39. The fourth-order valence-electron chi connectivity index (χ4n) is 2.47. The van der Waals surface area contributed by atoms with Crippen molar-refractivity contribution in [3.05, 3.63) is 48.6 Å². The SMILES string of the molecule is C=C[C@@]1(C)C[C@H](COCc2ccccc2)O[C@H](O)C1. The fraction of sp³-hybridized carbons (Fsp3) is 0.500. The van der Waals surface area contributed by atoms with Gasteiger partial charge in [-0.3, -0.25) is 0 Å². The summed E-state index contributed by atoms with van der Waals surface area (Å²) in [7, 11) is 0. The summed E-state index contributed by atoms with van der Waals surface area (Å²) in [5.41, 5.74) is 1.07. The molecule has 1 aromatic carbocycles. The molecule has 0 amide bonds. The molecule has 3 nitrogen and oxygen atoms in total. The number of ether oxygens (including phenoxy) is 2. The Labute approximate surface area is 114 Å². The third-order valence-electron chi connectivity index (χ3n) is 3.59. The van der Waals surface area contributed by atoms with E-state index in [0.717, 1.165) is 12.0 Å². The first-order valence-electron chi connectivity index (χ1n) is 6.70. The van der Waals surface area contributed by atoms with E-state index in [9.17, 15) is 5.11 Å². The van der Waals surface area contributed by atoms with Gasteiger partial charge in [-0.2, -0.15) is 0 Å². The van der Waals surface area contributed by atoms with Gasteiger partial charge in [0.25, 0.3) is 0 Å². The van der Waals surface area contributed by atoms with Crippen LogP contribution in [-0.2, 0) is 16.1 Å². The number of aliphatic hydroxyl groups is 1. The summed E-state index contributed by atoms with van der Waals surface area (Å²) < 4.78 is 11.2. The number of rotatable bonds is 5. The standard InChI is InChI=1S/C16H22O3/c1-3-16(2)9-14(19-15(17)10-16)12-18-11-13-7-5-4-6-8-13/h3-8,14-15,17H,1,9-12H2,2H3/t14-,15+,16+/m1/s1. The maximum Gasteiger partial charge on any atom is 0.155 e. The van der Waals surface area contributed by atoms with Crippen LogP contribution in [0, 0.1) is 5.41 Å². The molecule has 3 atom stereocenters. The third kappa shape index (κ3) is 4.16. The molecule has 0 unspecified atom stereocenters. The second-order valence-corrected chi connectivity index (χ2v) is 5.48. The Morgan fingerprint density at radius 3 is 2.84 bits per heavy atom. The molecule has 3 heteroatoms. The first kappa shape index (κ1) is 14.3. The summed E-state index contributed by atoms with van der Waals surface area (Å²) in [4.78, 5) is 0. The Morgan fingerprint density at radius 1 is 1.42 bits per heavy atom. The van der Waals surface area contributed by atoms with Gasteiger partial charge in [0, 0.05) is 6.42 Å². The van der Waals surface area contributed by atoms with Gasteiger partial charge < -0.3 is 14.6 Å². The van der Waals surface area contributed by atoms with Crippen LogP contribution < -0.4 is 0 Å². The summed E-state index contributed by atoms with van der Waals surface area (Å²) >= 11 is 0. The van der Waals surface area contributed by atoms with Crippen LogP contribution in [-0.4, -0.2) is 24.1 Å². The average molecular weight is 262 g/mol. The van der Waals surface area contributed by atoms with Crippen LogP contribution in [0.2, 0.25) is 0 Å².